The molecular weight excluding hydrogens is 394 g/mol. The zero-order chi connectivity index (χ0) is 20.3. The second-order valence-corrected chi connectivity index (χ2v) is 9.30. The Hall–Kier alpha value is -2.28. The molecule has 1 aliphatic carbocycles. The lowest BCUT2D eigenvalue weighted by Crippen LogP contribution is -2.19. The summed E-state index contributed by atoms with van der Waals surface area (Å²) in [5.41, 5.74) is 2.22. The molecule has 30 heavy (non-hydrogen) atoms. The van der Waals surface area contributed by atoms with Crippen LogP contribution in [0.4, 0.5) is 5.82 Å². The first-order chi connectivity index (χ1) is 14.8. The molecule has 0 amide bonds. The largest absolute Gasteiger partial charge is 0.465 e. The number of hydrogen-bond acceptors (Lipinski definition) is 6. The molecule has 0 saturated heterocycles. The Morgan fingerprint density at radius 2 is 1.97 bits per heavy atom. The van der Waals surface area contributed by atoms with Gasteiger partial charge >= 0.3 is 0 Å². The lowest BCUT2D eigenvalue weighted by atomic mass is 10.1. The van der Waals surface area contributed by atoms with Crippen molar-refractivity contribution in [3.8, 4) is 17.5 Å². The quantitative estimate of drug-likeness (QED) is 0.534. The molecule has 3 heterocycles. The minimum absolute atomic E-state index is 0.292. The van der Waals surface area contributed by atoms with Gasteiger partial charge < -0.3 is 10.1 Å². The van der Waals surface area contributed by atoms with Crippen LogP contribution < -0.4 is 10.1 Å². The predicted molar refractivity (Wildman–Crippen MR) is 122 cm³/mol. The van der Waals surface area contributed by atoms with Crippen LogP contribution >= 0.6 is 11.8 Å². The number of ether oxygens (including phenoxy) is 1. The number of hydrogen-bond donors (Lipinski definition) is 1. The summed E-state index contributed by atoms with van der Waals surface area (Å²) in [5.74, 6) is 4.26. The summed E-state index contributed by atoms with van der Waals surface area (Å²) in [6.45, 7) is 1.50. The zero-order valence-corrected chi connectivity index (χ0v) is 18.3. The summed E-state index contributed by atoms with van der Waals surface area (Å²) in [6.07, 6.45) is 9.02. The van der Waals surface area contributed by atoms with Gasteiger partial charge in [-0.1, -0.05) is 43.2 Å². The summed E-state index contributed by atoms with van der Waals surface area (Å²) >= 11 is 1.84. The van der Waals surface area contributed by atoms with Crippen molar-refractivity contribution < 1.29 is 4.74 Å². The van der Waals surface area contributed by atoms with Gasteiger partial charge in [0.2, 0.25) is 0 Å². The molecule has 3 aliphatic heterocycles. The number of nitrogens with zero attached hydrogens (tertiary/aromatic N) is 4. The molecule has 158 valence electrons. The first kappa shape index (κ1) is 19.7. The van der Waals surface area contributed by atoms with E-state index >= 15 is 0 Å². The molecule has 1 aromatic rings. The lowest BCUT2D eigenvalue weighted by Gasteiger charge is -2.13. The monoisotopic (exact) mass is 423 g/mol. The molecule has 1 fully saturated rings. The van der Waals surface area contributed by atoms with Crippen LogP contribution in [0.3, 0.4) is 0 Å². The van der Waals surface area contributed by atoms with Gasteiger partial charge in [-0.3, -0.25) is 4.57 Å². The van der Waals surface area contributed by atoms with Crippen LogP contribution in [-0.2, 0) is 13.0 Å². The number of benzene rings is 1. The fourth-order valence-corrected chi connectivity index (χ4v) is 5.00. The maximum absolute atomic E-state index is 6.12. The maximum atomic E-state index is 6.12. The minimum atomic E-state index is 0.292. The number of rotatable bonds is 8. The van der Waals surface area contributed by atoms with Gasteiger partial charge in [0.05, 0.1) is 6.61 Å². The highest BCUT2D eigenvalue weighted by atomic mass is 32.2. The molecule has 1 N–H and O–H groups in total. The summed E-state index contributed by atoms with van der Waals surface area (Å²) in [4.78, 5) is 14.6. The van der Waals surface area contributed by atoms with E-state index in [9.17, 15) is 0 Å². The Labute approximate surface area is 182 Å². The van der Waals surface area contributed by atoms with Crippen LogP contribution in [-0.4, -0.2) is 44.2 Å². The Morgan fingerprint density at radius 3 is 2.77 bits per heavy atom. The van der Waals surface area contributed by atoms with Gasteiger partial charge in [-0.05, 0) is 43.3 Å². The summed E-state index contributed by atoms with van der Waals surface area (Å²) in [7, 11) is 0. The van der Waals surface area contributed by atoms with E-state index in [1.54, 1.807) is 0 Å². The fraction of sp³-hybridized carbons (Fsp3) is 0.522. The van der Waals surface area contributed by atoms with E-state index in [1.807, 2.05) is 11.8 Å². The van der Waals surface area contributed by atoms with Gasteiger partial charge in [0, 0.05) is 18.5 Å². The highest BCUT2D eigenvalue weighted by Crippen LogP contribution is 2.39. The Morgan fingerprint density at radius 1 is 1.13 bits per heavy atom. The molecule has 0 spiro atoms. The van der Waals surface area contributed by atoms with Crippen molar-refractivity contribution in [1.82, 2.24) is 19.5 Å². The molecule has 0 radical (unpaired) electrons. The van der Waals surface area contributed by atoms with Crippen LogP contribution in [0.5, 0.6) is 6.01 Å². The van der Waals surface area contributed by atoms with Crippen molar-refractivity contribution in [3.63, 3.8) is 0 Å². The third kappa shape index (κ3) is 4.00. The minimum Gasteiger partial charge on any atom is -0.465 e. The molecule has 6 nitrogen and oxygen atoms in total. The van der Waals surface area contributed by atoms with Crippen LogP contribution in [0.1, 0.15) is 49.4 Å². The second kappa shape index (κ2) is 8.84. The van der Waals surface area contributed by atoms with Crippen LogP contribution in [0.2, 0.25) is 0 Å². The van der Waals surface area contributed by atoms with Gasteiger partial charge in [0.15, 0.2) is 11.5 Å². The first-order valence-electron chi connectivity index (χ1n) is 11.0. The van der Waals surface area contributed by atoms with Crippen LogP contribution in [0.15, 0.2) is 30.3 Å². The van der Waals surface area contributed by atoms with Gasteiger partial charge in [0.25, 0.3) is 6.01 Å². The average Bonchev–Trinajstić information content (AvgIpc) is 3.50. The van der Waals surface area contributed by atoms with Crippen molar-refractivity contribution in [2.75, 3.05) is 23.9 Å². The van der Waals surface area contributed by atoms with E-state index in [1.165, 1.54) is 31.2 Å². The maximum Gasteiger partial charge on any atom is 0.300 e. The molecule has 1 aromatic carbocycles. The van der Waals surface area contributed by atoms with Crippen molar-refractivity contribution in [2.45, 2.75) is 57.0 Å². The number of imidazole rings is 1. The SMILES string of the molecule is CSCCCOc1nc2nc(C3CCCC3)nc-2c2n1C[C@@H](Cc1ccccc1)N2. The highest BCUT2D eigenvalue weighted by molar-refractivity contribution is 7.98. The number of aromatic nitrogens is 4. The predicted octanol–water partition coefficient (Wildman–Crippen LogP) is 4.60. The van der Waals surface area contributed by atoms with E-state index < -0.39 is 0 Å². The average molecular weight is 424 g/mol. The van der Waals surface area contributed by atoms with Crippen molar-refractivity contribution in [3.05, 3.63) is 41.7 Å². The lowest BCUT2D eigenvalue weighted by molar-refractivity contribution is 0.277. The summed E-state index contributed by atoms with van der Waals surface area (Å²) in [6, 6.07) is 11.6. The standard InChI is InChI=1S/C23H29N5OS/c1-30-13-7-12-29-23-27-21-19(25-20(26-21)17-10-5-6-11-17)22-24-18(15-28(22)23)14-16-8-3-2-4-9-16/h2-4,8-9,17-18,24H,5-7,10-15H2,1H3/t18-/m1/s1. The van der Waals surface area contributed by atoms with E-state index in [2.05, 4.69) is 46.5 Å². The van der Waals surface area contributed by atoms with Gasteiger partial charge in [-0.2, -0.15) is 16.7 Å². The molecule has 0 aromatic heterocycles. The van der Waals surface area contributed by atoms with E-state index in [0.717, 1.165) is 48.3 Å². The Kier molecular flexibility index (Phi) is 5.79. The topological polar surface area (TPSA) is 64.9 Å². The van der Waals surface area contributed by atoms with Gasteiger partial charge in [0.1, 0.15) is 11.6 Å². The van der Waals surface area contributed by atoms with Gasteiger partial charge in [-0.15, -0.1) is 0 Å². The number of anilines is 1. The van der Waals surface area contributed by atoms with Crippen LogP contribution in [0, 0.1) is 0 Å². The van der Waals surface area contributed by atoms with E-state index in [0.29, 0.717) is 24.6 Å². The Bertz CT molecular complexity index is 954. The Balaban J connectivity index is 1.44. The van der Waals surface area contributed by atoms with E-state index in [4.69, 9.17) is 19.7 Å². The third-order valence-corrected chi connectivity index (χ3v) is 6.80. The number of fused-ring (bicyclic) bond motifs is 3. The molecule has 0 bridgehead atoms. The van der Waals surface area contributed by atoms with Crippen molar-refractivity contribution in [2.24, 2.45) is 0 Å². The highest BCUT2D eigenvalue weighted by Gasteiger charge is 2.33. The normalized spacial score (nSPS) is 18.6. The second-order valence-electron chi connectivity index (χ2n) is 8.31. The van der Waals surface area contributed by atoms with Crippen LogP contribution in [0.25, 0.3) is 11.5 Å². The molecule has 4 aliphatic rings. The number of nitrogens with one attached hydrogen (secondary N) is 1. The molecule has 0 unspecified atom stereocenters. The first-order valence-corrected chi connectivity index (χ1v) is 12.4. The molecule has 1 saturated carbocycles. The number of thioether (sulfide) groups is 1. The molecule has 7 heteroatoms. The summed E-state index contributed by atoms with van der Waals surface area (Å²) < 4.78 is 8.29. The van der Waals surface area contributed by atoms with Gasteiger partial charge in [-0.25, -0.2) is 9.97 Å². The summed E-state index contributed by atoms with van der Waals surface area (Å²) in [5, 5.41) is 3.71. The molecular formula is C23H29N5OS. The smallest absolute Gasteiger partial charge is 0.300 e. The van der Waals surface area contributed by atoms with Crippen molar-refractivity contribution in [1.29, 1.82) is 0 Å². The van der Waals surface area contributed by atoms with Crippen molar-refractivity contribution >= 4 is 17.6 Å². The fourth-order valence-electron chi connectivity index (χ4n) is 4.59. The molecule has 5 rings (SSSR count). The van der Waals surface area contributed by atoms with E-state index in [-0.39, 0.29) is 0 Å². The zero-order valence-electron chi connectivity index (χ0n) is 17.5. The third-order valence-electron chi connectivity index (χ3n) is 6.10. The molecule has 1 atom stereocenters.